The van der Waals surface area contributed by atoms with Gasteiger partial charge in [-0.1, -0.05) is 25.5 Å². The lowest BCUT2D eigenvalue weighted by atomic mass is 10.1. The van der Waals surface area contributed by atoms with Gasteiger partial charge in [0, 0.05) is 18.4 Å². The molecule has 6 nitrogen and oxygen atoms in total. The largest absolute Gasteiger partial charge is 0.380 e. The minimum Gasteiger partial charge on any atom is -0.380 e. The van der Waals surface area contributed by atoms with Gasteiger partial charge in [0.15, 0.2) is 0 Å². The number of anilines is 3. The Balaban J connectivity index is 2.28. The maximum Gasteiger partial charge on any atom is 0.148 e. The van der Waals surface area contributed by atoms with Crippen molar-refractivity contribution in [3.8, 4) is 0 Å². The fourth-order valence-electron chi connectivity index (χ4n) is 2.17. The average molecular weight is 287 g/mol. The monoisotopic (exact) mass is 287 g/mol. The molecule has 21 heavy (non-hydrogen) atoms. The summed E-state index contributed by atoms with van der Waals surface area (Å²) in [7, 11) is 1.68. The van der Waals surface area contributed by atoms with Gasteiger partial charge in [0.2, 0.25) is 0 Å². The predicted octanol–water partition coefficient (Wildman–Crippen LogP) is 2.60. The second-order valence-electron chi connectivity index (χ2n) is 4.70. The molecule has 0 saturated heterocycles. The third-order valence-electron chi connectivity index (χ3n) is 3.08. The lowest BCUT2D eigenvalue weighted by molar-refractivity contribution is 0.185. The Morgan fingerprint density at radius 3 is 2.76 bits per heavy atom. The standard InChI is InChI=1S/C15H21N5O/c1-3-5-13-14(17-10-18-15(13)20-16)19-12-7-4-6-11(8-12)9-21-2/h4,6-8,10H,3,5,9,16H2,1-2H3,(H2,17,18,19,20). The number of ether oxygens (including phenoxy) is 1. The van der Waals surface area contributed by atoms with Crippen LogP contribution in [-0.4, -0.2) is 17.1 Å². The molecule has 0 amide bonds. The van der Waals surface area contributed by atoms with Gasteiger partial charge in [-0.05, 0) is 24.1 Å². The second-order valence-corrected chi connectivity index (χ2v) is 4.70. The number of benzene rings is 1. The molecule has 6 heteroatoms. The van der Waals surface area contributed by atoms with Gasteiger partial charge in [-0.15, -0.1) is 0 Å². The molecule has 0 aliphatic heterocycles. The van der Waals surface area contributed by atoms with Crippen LogP contribution in [-0.2, 0) is 17.8 Å². The molecule has 0 aliphatic carbocycles. The Hall–Kier alpha value is -2.18. The van der Waals surface area contributed by atoms with Crippen molar-refractivity contribution in [3.05, 3.63) is 41.7 Å². The quantitative estimate of drug-likeness (QED) is 0.536. The van der Waals surface area contributed by atoms with Gasteiger partial charge in [-0.3, -0.25) is 0 Å². The highest BCUT2D eigenvalue weighted by Gasteiger charge is 2.10. The van der Waals surface area contributed by atoms with E-state index in [9.17, 15) is 0 Å². The summed E-state index contributed by atoms with van der Waals surface area (Å²) < 4.78 is 5.15. The Bertz CT molecular complexity index is 588. The molecular formula is C15H21N5O. The zero-order chi connectivity index (χ0) is 15.1. The third kappa shape index (κ3) is 3.90. The predicted molar refractivity (Wildman–Crippen MR) is 84.3 cm³/mol. The molecule has 0 aliphatic rings. The maximum absolute atomic E-state index is 5.52. The highest BCUT2D eigenvalue weighted by molar-refractivity contribution is 5.65. The highest BCUT2D eigenvalue weighted by atomic mass is 16.5. The minimum atomic E-state index is 0.580. The van der Waals surface area contributed by atoms with E-state index in [0.717, 1.165) is 35.5 Å². The van der Waals surface area contributed by atoms with Crippen LogP contribution >= 0.6 is 0 Å². The molecular weight excluding hydrogens is 266 g/mol. The summed E-state index contributed by atoms with van der Waals surface area (Å²) in [6.45, 7) is 2.69. The van der Waals surface area contributed by atoms with Crippen LogP contribution in [0.15, 0.2) is 30.6 Å². The summed E-state index contributed by atoms with van der Waals surface area (Å²) >= 11 is 0. The van der Waals surface area contributed by atoms with Crippen LogP contribution in [0.25, 0.3) is 0 Å². The average Bonchev–Trinajstić information content (AvgIpc) is 2.50. The minimum absolute atomic E-state index is 0.580. The summed E-state index contributed by atoms with van der Waals surface area (Å²) in [6, 6.07) is 8.04. The Morgan fingerprint density at radius 2 is 2.05 bits per heavy atom. The lowest BCUT2D eigenvalue weighted by Gasteiger charge is -2.14. The van der Waals surface area contributed by atoms with Crippen LogP contribution in [0.3, 0.4) is 0 Å². The molecule has 0 spiro atoms. The Kier molecular flexibility index (Phi) is 5.48. The number of methoxy groups -OCH3 is 1. The number of hydrazine groups is 1. The Labute approximate surface area is 124 Å². The van der Waals surface area contributed by atoms with Crippen molar-refractivity contribution >= 4 is 17.3 Å². The molecule has 1 heterocycles. The summed E-state index contributed by atoms with van der Waals surface area (Å²) in [5.41, 5.74) is 5.68. The van der Waals surface area contributed by atoms with Gasteiger partial charge in [-0.25, -0.2) is 15.8 Å². The molecule has 0 fully saturated rings. The van der Waals surface area contributed by atoms with Crippen molar-refractivity contribution in [3.63, 3.8) is 0 Å². The van der Waals surface area contributed by atoms with E-state index in [2.05, 4.69) is 27.6 Å². The van der Waals surface area contributed by atoms with E-state index in [1.54, 1.807) is 7.11 Å². The summed E-state index contributed by atoms with van der Waals surface area (Å²) in [4.78, 5) is 8.49. The molecule has 2 rings (SSSR count). The lowest BCUT2D eigenvalue weighted by Crippen LogP contribution is -2.13. The van der Waals surface area contributed by atoms with E-state index in [-0.39, 0.29) is 0 Å². The van der Waals surface area contributed by atoms with Gasteiger partial charge in [0.05, 0.1) is 6.61 Å². The number of nitrogen functional groups attached to an aromatic ring is 1. The first-order chi connectivity index (χ1) is 10.3. The summed E-state index contributed by atoms with van der Waals surface area (Å²) in [5, 5.41) is 3.33. The van der Waals surface area contributed by atoms with Crippen LogP contribution in [0.1, 0.15) is 24.5 Å². The van der Waals surface area contributed by atoms with Crippen molar-refractivity contribution in [2.45, 2.75) is 26.4 Å². The van der Waals surface area contributed by atoms with E-state index in [1.165, 1.54) is 6.33 Å². The van der Waals surface area contributed by atoms with Gasteiger partial charge in [0.1, 0.15) is 18.0 Å². The number of nitrogens with zero attached hydrogens (tertiary/aromatic N) is 2. The molecule has 1 aromatic carbocycles. The SMILES string of the molecule is CCCc1c(NN)ncnc1Nc1cccc(COC)c1. The van der Waals surface area contributed by atoms with Crippen molar-refractivity contribution < 1.29 is 4.74 Å². The molecule has 0 saturated carbocycles. The molecule has 1 aromatic heterocycles. The van der Waals surface area contributed by atoms with E-state index in [1.807, 2.05) is 24.3 Å². The summed E-state index contributed by atoms with van der Waals surface area (Å²) in [6.07, 6.45) is 3.33. The number of nitrogens with one attached hydrogen (secondary N) is 2. The topological polar surface area (TPSA) is 85.1 Å². The number of aromatic nitrogens is 2. The maximum atomic E-state index is 5.52. The molecule has 2 aromatic rings. The Morgan fingerprint density at radius 1 is 1.24 bits per heavy atom. The van der Waals surface area contributed by atoms with Gasteiger partial charge >= 0.3 is 0 Å². The van der Waals surface area contributed by atoms with E-state index in [0.29, 0.717) is 12.4 Å². The normalized spacial score (nSPS) is 10.4. The highest BCUT2D eigenvalue weighted by Crippen LogP contribution is 2.24. The summed E-state index contributed by atoms with van der Waals surface area (Å²) in [5.74, 6) is 6.95. The van der Waals surface area contributed by atoms with Gasteiger partial charge < -0.3 is 15.5 Å². The number of hydrogen-bond acceptors (Lipinski definition) is 6. The molecule has 0 radical (unpaired) electrons. The van der Waals surface area contributed by atoms with Crippen LogP contribution in [0.5, 0.6) is 0 Å². The van der Waals surface area contributed by atoms with Crippen LogP contribution < -0.4 is 16.6 Å². The number of hydrogen-bond donors (Lipinski definition) is 3. The fourth-order valence-corrected chi connectivity index (χ4v) is 2.17. The fraction of sp³-hybridized carbons (Fsp3) is 0.333. The van der Waals surface area contributed by atoms with Gasteiger partial charge in [-0.2, -0.15) is 0 Å². The zero-order valence-electron chi connectivity index (χ0n) is 12.4. The smallest absolute Gasteiger partial charge is 0.148 e. The van der Waals surface area contributed by atoms with Crippen LogP contribution in [0.4, 0.5) is 17.3 Å². The molecule has 0 unspecified atom stereocenters. The molecule has 0 bridgehead atoms. The van der Waals surface area contributed by atoms with E-state index in [4.69, 9.17) is 10.6 Å². The zero-order valence-corrected chi connectivity index (χ0v) is 12.4. The van der Waals surface area contributed by atoms with Crippen molar-refractivity contribution in [1.82, 2.24) is 9.97 Å². The first-order valence-electron chi connectivity index (χ1n) is 6.93. The number of rotatable bonds is 7. The molecule has 4 N–H and O–H groups in total. The van der Waals surface area contributed by atoms with Crippen molar-refractivity contribution in [2.24, 2.45) is 5.84 Å². The van der Waals surface area contributed by atoms with Gasteiger partial charge in [0.25, 0.3) is 0 Å². The van der Waals surface area contributed by atoms with E-state index >= 15 is 0 Å². The van der Waals surface area contributed by atoms with Crippen molar-refractivity contribution in [1.29, 1.82) is 0 Å². The van der Waals surface area contributed by atoms with Crippen LogP contribution in [0, 0.1) is 0 Å². The molecule has 0 atom stereocenters. The van der Waals surface area contributed by atoms with Crippen LogP contribution in [0.2, 0.25) is 0 Å². The second kappa shape index (κ2) is 7.56. The first kappa shape index (κ1) is 15.2. The third-order valence-corrected chi connectivity index (χ3v) is 3.08. The van der Waals surface area contributed by atoms with E-state index < -0.39 is 0 Å². The van der Waals surface area contributed by atoms with Crippen molar-refractivity contribution in [2.75, 3.05) is 17.9 Å². The first-order valence-corrected chi connectivity index (χ1v) is 6.93. The number of nitrogens with two attached hydrogens (primary N) is 1. The molecule has 112 valence electrons.